The van der Waals surface area contributed by atoms with Gasteiger partial charge in [0.2, 0.25) is 0 Å². The topological polar surface area (TPSA) is 49.3 Å². The van der Waals surface area contributed by atoms with Gasteiger partial charge in [0.25, 0.3) is 5.91 Å². The van der Waals surface area contributed by atoms with Crippen LogP contribution >= 0.6 is 0 Å². The first-order valence-corrected chi connectivity index (χ1v) is 11.4. The van der Waals surface area contributed by atoms with Crippen molar-refractivity contribution in [2.24, 2.45) is 0 Å². The van der Waals surface area contributed by atoms with Gasteiger partial charge in [0.1, 0.15) is 0 Å². The fraction of sp³-hybridized carbons (Fsp3) is 0.222. The highest BCUT2D eigenvalue weighted by molar-refractivity contribution is 6.07. The molecule has 4 aromatic rings. The number of halogens is 3. The molecule has 2 aromatic heterocycles. The van der Waals surface area contributed by atoms with Gasteiger partial charge < -0.3 is 4.90 Å². The number of amides is 1. The number of carbonyl (C=O) groups is 1. The average molecular weight is 477 g/mol. The number of fused-ring (bicyclic) bond motifs is 1. The van der Waals surface area contributed by atoms with E-state index in [4.69, 9.17) is 4.98 Å². The highest BCUT2D eigenvalue weighted by Gasteiger charge is 2.30. The third-order valence-electron chi connectivity index (χ3n) is 6.25. The van der Waals surface area contributed by atoms with Gasteiger partial charge in [-0.3, -0.25) is 14.7 Å². The molecule has 2 aromatic carbocycles. The van der Waals surface area contributed by atoms with Crippen LogP contribution in [-0.2, 0) is 12.7 Å². The van der Waals surface area contributed by atoms with Gasteiger partial charge in [-0.1, -0.05) is 30.3 Å². The summed E-state index contributed by atoms with van der Waals surface area (Å²) in [4.78, 5) is 26.4. The van der Waals surface area contributed by atoms with Crippen LogP contribution in [0.3, 0.4) is 0 Å². The van der Waals surface area contributed by atoms with E-state index in [0.29, 0.717) is 44.0 Å². The lowest BCUT2D eigenvalue weighted by Gasteiger charge is -2.35. The van der Waals surface area contributed by atoms with Gasteiger partial charge in [0, 0.05) is 56.1 Å². The van der Waals surface area contributed by atoms with Crippen molar-refractivity contribution < 1.29 is 18.0 Å². The quantitative estimate of drug-likeness (QED) is 0.403. The fourth-order valence-corrected chi connectivity index (χ4v) is 4.35. The van der Waals surface area contributed by atoms with Crippen LogP contribution in [0.1, 0.15) is 21.5 Å². The average Bonchev–Trinajstić information content (AvgIpc) is 2.88. The Hall–Kier alpha value is -3.78. The number of para-hydroxylation sites is 1. The molecule has 0 saturated carbocycles. The number of nitrogens with zero attached hydrogens (tertiary/aromatic N) is 4. The van der Waals surface area contributed by atoms with Crippen LogP contribution in [0.4, 0.5) is 13.2 Å². The maximum Gasteiger partial charge on any atom is 0.416 e. The largest absolute Gasteiger partial charge is 0.416 e. The standard InChI is InChI=1S/C27H23F3N4O/c28-27(29,30)21-9-7-19(8-10-21)18-33-12-14-34(15-13-33)26(35)23-16-25(20-4-3-11-31-17-20)32-24-6-2-1-5-22(23)24/h1-11,16-17H,12-15,18H2. The van der Waals surface area contributed by atoms with Gasteiger partial charge >= 0.3 is 6.18 Å². The van der Waals surface area contributed by atoms with Crippen LogP contribution < -0.4 is 0 Å². The summed E-state index contributed by atoms with van der Waals surface area (Å²) >= 11 is 0. The van der Waals surface area contributed by atoms with Crippen LogP contribution in [-0.4, -0.2) is 51.9 Å². The molecule has 0 unspecified atom stereocenters. The zero-order valence-electron chi connectivity index (χ0n) is 18.9. The molecule has 0 N–H and O–H groups in total. The van der Waals surface area contributed by atoms with E-state index in [2.05, 4.69) is 9.88 Å². The second-order valence-electron chi connectivity index (χ2n) is 8.58. The molecule has 1 saturated heterocycles. The van der Waals surface area contributed by atoms with Gasteiger partial charge in [-0.25, -0.2) is 4.98 Å². The Kier molecular flexibility index (Phi) is 6.21. The molecule has 35 heavy (non-hydrogen) atoms. The Morgan fingerprint density at radius 2 is 1.66 bits per heavy atom. The molecule has 0 bridgehead atoms. The number of rotatable bonds is 4. The van der Waals surface area contributed by atoms with Gasteiger partial charge in [0.15, 0.2) is 0 Å². The van der Waals surface area contributed by atoms with Crippen molar-refractivity contribution in [3.05, 3.63) is 95.8 Å². The number of benzene rings is 2. The molecule has 1 aliphatic rings. The van der Waals surface area contributed by atoms with Gasteiger partial charge in [-0.2, -0.15) is 13.2 Å². The Bertz CT molecular complexity index is 1330. The van der Waals surface area contributed by atoms with E-state index >= 15 is 0 Å². The van der Waals surface area contributed by atoms with Crippen molar-refractivity contribution in [1.29, 1.82) is 0 Å². The third-order valence-corrected chi connectivity index (χ3v) is 6.25. The van der Waals surface area contributed by atoms with E-state index in [1.54, 1.807) is 12.4 Å². The summed E-state index contributed by atoms with van der Waals surface area (Å²) in [5, 5.41) is 0.803. The molecular formula is C27H23F3N4O. The minimum atomic E-state index is -4.33. The van der Waals surface area contributed by atoms with Crippen LogP contribution in [0.15, 0.2) is 79.1 Å². The summed E-state index contributed by atoms with van der Waals surface area (Å²) < 4.78 is 38.4. The summed E-state index contributed by atoms with van der Waals surface area (Å²) in [6, 6.07) is 18.4. The number of hydrogen-bond acceptors (Lipinski definition) is 4. The van der Waals surface area contributed by atoms with Gasteiger partial charge in [-0.05, 0) is 42.0 Å². The molecule has 3 heterocycles. The normalized spacial score (nSPS) is 14.9. The molecule has 1 amide bonds. The van der Waals surface area contributed by atoms with Crippen LogP contribution in [0.2, 0.25) is 0 Å². The van der Waals surface area contributed by atoms with E-state index in [9.17, 15) is 18.0 Å². The predicted octanol–water partition coefficient (Wildman–Crippen LogP) is 5.27. The van der Waals surface area contributed by atoms with E-state index in [-0.39, 0.29) is 5.91 Å². The van der Waals surface area contributed by atoms with Crippen molar-refractivity contribution in [2.75, 3.05) is 26.2 Å². The first kappa shape index (κ1) is 23.0. The van der Waals surface area contributed by atoms with E-state index in [0.717, 1.165) is 34.2 Å². The molecule has 0 radical (unpaired) electrons. The Morgan fingerprint density at radius 1 is 0.914 bits per heavy atom. The molecule has 1 aliphatic heterocycles. The lowest BCUT2D eigenvalue weighted by Crippen LogP contribution is -2.48. The monoisotopic (exact) mass is 476 g/mol. The molecule has 5 rings (SSSR count). The highest BCUT2D eigenvalue weighted by Crippen LogP contribution is 2.29. The number of alkyl halides is 3. The van der Waals surface area contributed by atoms with Crippen molar-refractivity contribution in [3.8, 4) is 11.3 Å². The molecule has 0 aliphatic carbocycles. The molecule has 0 spiro atoms. The Morgan fingerprint density at radius 3 is 2.34 bits per heavy atom. The van der Waals surface area contributed by atoms with E-state index in [1.165, 1.54) is 12.1 Å². The summed E-state index contributed by atoms with van der Waals surface area (Å²) in [6.07, 6.45) is -0.912. The molecule has 0 atom stereocenters. The number of piperazine rings is 1. The van der Waals surface area contributed by atoms with Gasteiger partial charge in [-0.15, -0.1) is 0 Å². The number of aromatic nitrogens is 2. The van der Waals surface area contributed by atoms with Gasteiger partial charge in [0.05, 0.1) is 22.3 Å². The lowest BCUT2D eigenvalue weighted by molar-refractivity contribution is -0.137. The number of carbonyl (C=O) groups excluding carboxylic acids is 1. The second-order valence-corrected chi connectivity index (χ2v) is 8.58. The molecule has 178 valence electrons. The lowest BCUT2D eigenvalue weighted by atomic mass is 10.0. The maximum atomic E-state index is 13.6. The minimum Gasteiger partial charge on any atom is -0.336 e. The van der Waals surface area contributed by atoms with Crippen molar-refractivity contribution in [1.82, 2.24) is 19.8 Å². The summed E-state index contributed by atoms with van der Waals surface area (Å²) in [6.45, 7) is 2.91. The van der Waals surface area contributed by atoms with Crippen LogP contribution in [0.5, 0.6) is 0 Å². The van der Waals surface area contributed by atoms with Crippen molar-refractivity contribution >= 4 is 16.8 Å². The third kappa shape index (κ3) is 5.02. The summed E-state index contributed by atoms with van der Waals surface area (Å²) in [5.41, 5.74) is 3.06. The number of pyridine rings is 2. The molecule has 8 heteroatoms. The van der Waals surface area contributed by atoms with E-state index in [1.807, 2.05) is 47.4 Å². The Balaban J connectivity index is 1.31. The molecule has 1 fully saturated rings. The van der Waals surface area contributed by atoms with Crippen LogP contribution in [0.25, 0.3) is 22.2 Å². The first-order valence-electron chi connectivity index (χ1n) is 11.4. The summed E-state index contributed by atoms with van der Waals surface area (Å²) in [5.74, 6) is -0.0529. The summed E-state index contributed by atoms with van der Waals surface area (Å²) in [7, 11) is 0. The minimum absolute atomic E-state index is 0.0529. The SMILES string of the molecule is O=C(c1cc(-c2cccnc2)nc2ccccc12)N1CCN(Cc2ccc(C(F)(F)F)cc2)CC1. The van der Waals surface area contributed by atoms with E-state index < -0.39 is 11.7 Å². The fourth-order valence-electron chi connectivity index (χ4n) is 4.35. The second kappa shape index (κ2) is 9.46. The molecular weight excluding hydrogens is 453 g/mol. The smallest absolute Gasteiger partial charge is 0.336 e. The van der Waals surface area contributed by atoms with Crippen molar-refractivity contribution in [3.63, 3.8) is 0 Å². The maximum absolute atomic E-state index is 13.6. The van der Waals surface area contributed by atoms with Crippen molar-refractivity contribution in [2.45, 2.75) is 12.7 Å². The zero-order chi connectivity index (χ0) is 24.4. The van der Waals surface area contributed by atoms with Crippen LogP contribution in [0, 0.1) is 0 Å². The predicted molar refractivity (Wildman–Crippen MR) is 128 cm³/mol. The highest BCUT2D eigenvalue weighted by atomic mass is 19.4. The number of hydrogen-bond donors (Lipinski definition) is 0. The first-order chi connectivity index (χ1) is 16.9. The molecule has 5 nitrogen and oxygen atoms in total. The Labute approximate surface area is 200 Å². The zero-order valence-corrected chi connectivity index (χ0v) is 18.9.